The van der Waals surface area contributed by atoms with Crippen molar-refractivity contribution in [1.29, 1.82) is 0 Å². The second kappa shape index (κ2) is 9.65. The van der Waals surface area contributed by atoms with E-state index >= 15 is 0 Å². The Hall–Kier alpha value is -4.46. The third kappa shape index (κ3) is 4.45. The van der Waals surface area contributed by atoms with Gasteiger partial charge in [0.15, 0.2) is 0 Å². The van der Waals surface area contributed by atoms with Crippen molar-refractivity contribution in [3.05, 3.63) is 100 Å². The number of carbonyl (C=O) groups is 1. The Balaban J connectivity index is 1.56. The van der Waals surface area contributed by atoms with Crippen LogP contribution in [-0.2, 0) is 24.3 Å². The molecule has 0 fully saturated rings. The molecule has 1 N–H and O–H groups in total. The van der Waals surface area contributed by atoms with Gasteiger partial charge in [-0.2, -0.15) is 0 Å². The van der Waals surface area contributed by atoms with E-state index in [-0.39, 0.29) is 30.1 Å². The molecule has 0 aliphatic heterocycles. The van der Waals surface area contributed by atoms with Gasteiger partial charge in [0.05, 0.1) is 25.5 Å². The number of methoxy groups -OCH3 is 1. The summed E-state index contributed by atoms with van der Waals surface area (Å²) in [5.74, 6) is -0.0137. The highest BCUT2D eigenvalue weighted by molar-refractivity contribution is 6.06. The third-order valence-corrected chi connectivity index (χ3v) is 6.22. The second-order valence-corrected chi connectivity index (χ2v) is 8.57. The van der Waals surface area contributed by atoms with E-state index < -0.39 is 5.82 Å². The number of nitrogens with zero attached hydrogens (tertiary/aromatic N) is 3. The summed E-state index contributed by atoms with van der Waals surface area (Å²) in [7, 11) is 1.59. The lowest BCUT2D eigenvalue weighted by molar-refractivity contribution is -0.116. The molecule has 7 nitrogen and oxygen atoms in total. The first kappa shape index (κ1) is 23.3. The molecule has 5 rings (SSSR count). The summed E-state index contributed by atoms with van der Waals surface area (Å²) in [4.78, 5) is 31.1. The summed E-state index contributed by atoms with van der Waals surface area (Å²) in [5, 5.41) is 3.39. The Morgan fingerprint density at radius 3 is 2.61 bits per heavy atom. The number of benzene rings is 3. The molecule has 2 heterocycles. The molecule has 0 aliphatic carbocycles. The van der Waals surface area contributed by atoms with E-state index in [9.17, 15) is 14.0 Å². The molecule has 0 radical (unpaired) electrons. The van der Waals surface area contributed by atoms with Crippen molar-refractivity contribution in [2.24, 2.45) is 0 Å². The fraction of sp³-hybridized carbons (Fsp3) is 0.179. The zero-order valence-corrected chi connectivity index (χ0v) is 20.0. The van der Waals surface area contributed by atoms with Crippen LogP contribution in [0.15, 0.2) is 77.9 Å². The molecule has 5 aromatic rings. The SMILES string of the molecule is CCc1cccc(NC(=O)Cn2c3ccc(F)cc3c3ncn(Cc4ccc(OC)cc4)c(=O)c32)c1. The van der Waals surface area contributed by atoms with E-state index in [1.54, 1.807) is 17.7 Å². The number of fused-ring (bicyclic) bond motifs is 3. The molecule has 3 aromatic carbocycles. The topological polar surface area (TPSA) is 78.2 Å². The lowest BCUT2D eigenvalue weighted by atomic mass is 10.1. The van der Waals surface area contributed by atoms with E-state index in [1.165, 1.54) is 23.0 Å². The molecule has 0 bridgehead atoms. The van der Waals surface area contributed by atoms with E-state index in [4.69, 9.17) is 4.74 Å². The molecular weight excluding hydrogens is 459 g/mol. The Kier molecular flexibility index (Phi) is 6.25. The normalized spacial score (nSPS) is 11.2. The highest BCUT2D eigenvalue weighted by Gasteiger charge is 2.19. The van der Waals surface area contributed by atoms with Crippen LogP contribution in [0.2, 0.25) is 0 Å². The average Bonchev–Trinajstić information content (AvgIpc) is 3.19. The van der Waals surface area contributed by atoms with Crippen molar-refractivity contribution in [1.82, 2.24) is 14.1 Å². The van der Waals surface area contributed by atoms with Gasteiger partial charge < -0.3 is 14.6 Å². The van der Waals surface area contributed by atoms with Crippen molar-refractivity contribution >= 4 is 33.5 Å². The number of anilines is 1. The maximum atomic E-state index is 14.1. The number of aromatic nitrogens is 3. The fourth-order valence-electron chi connectivity index (χ4n) is 4.39. The van der Waals surface area contributed by atoms with Crippen LogP contribution in [0.4, 0.5) is 10.1 Å². The number of amides is 1. The first-order valence-corrected chi connectivity index (χ1v) is 11.7. The van der Waals surface area contributed by atoms with Crippen LogP contribution in [0, 0.1) is 5.82 Å². The van der Waals surface area contributed by atoms with Gasteiger partial charge in [-0.1, -0.05) is 31.2 Å². The van der Waals surface area contributed by atoms with Gasteiger partial charge in [-0.3, -0.25) is 14.2 Å². The number of carbonyl (C=O) groups excluding carboxylic acids is 1. The van der Waals surface area contributed by atoms with Crippen LogP contribution < -0.4 is 15.6 Å². The molecule has 0 spiro atoms. The predicted molar refractivity (Wildman–Crippen MR) is 138 cm³/mol. The van der Waals surface area contributed by atoms with Crippen LogP contribution >= 0.6 is 0 Å². The lowest BCUT2D eigenvalue weighted by Crippen LogP contribution is -2.25. The molecule has 0 aliphatic rings. The minimum absolute atomic E-state index is 0.120. The average molecular weight is 485 g/mol. The van der Waals surface area contributed by atoms with Gasteiger partial charge in [0.1, 0.15) is 29.1 Å². The molecule has 0 saturated carbocycles. The number of ether oxygens (including phenoxy) is 1. The Labute approximate surface area is 206 Å². The van der Waals surface area contributed by atoms with Crippen molar-refractivity contribution < 1.29 is 13.9 Å². The summed E-state index contributed by atoms with van der Waals surface area (Å²) in [6, 6.07) is 19.3. The van der Waals surface area contributed by atoms with E-state index in [1.807, 2.05) is 55.5 Å². The van der Waals surface area contributed by atoms with Gasteiger partial charge in [0.2, 0.25) is 5.91 Å². The number of hydrogen-bond donors (Lipinski definition) is 1. The highest BCUT2D eigenvalue weighted by Crippen LogP contribution is 2.26. The van der Waals surface area contributed by atoms with Gasteiger partial charge in [-0.25, -0.2) is 9.37 Å². The zero-order valence-electron chi connectivity index (χ0n) is 20.0. The first-order valence-electron chi connectivity index (χ1n) is 11.7. The molecule has 8 heteroatoms. The number of hydrogen-bond acceptors (Lipinski definition) is 4. The number of aryl methyl sites for hydroxylation is 1. The summed E-state index contributed by atoms with van der Waals surface area (Å²) < 4.78 is 22.4. The van der Waals surface area contributed by atoms with Gasteiger partial charge in [0.25, 0.3) is 5.56 Å². The Bertz CT molecular complexity index is 1640. The second-order valence-electron chi connectivity index (χ2n) is 8.57. The highest BCUT2D eigenvalue weighted by atomic mass is 19.1. The summed E-state index contributed by atoms with van der Waals surface area (Å²) in [6.07, 6.45) is 2.31. The molecule has 1 amide bonds. The van der Waals surface area contributed by atoms with Crippen molar-refractivity contribution in [3.8, 4) is 5.75 Å². The summed E-state index contributed by atoms with van der Waals surface area (Å²) >= 11 is 0. The van der Waals surface area contributed by atoms with Crippen LogP contribution in [0.1, 0.15) is 18.1 Å². The van der Waals surface area contributed by atoms with Crippen molar-refractivity contribution in [2.45, 2.75) is 26.4 Å². The molecule has 0 atom stereocenters. The summed E-state index contributed by atoms with van der Waals surface area (Å²) in [6.45, 7) is 2.21. The molecule has 0 saturated heterocycles. The molecule has 182 valence electrons. The monoisotopic (exact) mass is 484 g/mol. The summed E-state index contributed by atoms with van der Waals surface area (Å²) in [5.41, 5.74) is 3.54. The van der Waals surface area contributed by atoms with E-state index in [2.05, 4.69) is 10.3 Å². The van der Waals surface area contributed by atoms with Crippen LogP contribution in [-0.4, -0.2) is 27.1 Å². The fourth-order valence-corrected chi connectivity index (χ4v) is 4.39. The maximum Gasteiger partial charge on any atom is 0.278 e. The third-order valence-electron chi connectivity index (χ3n) is 6.22. The van der Waals surface area contributed by atoms with Gasteiger partial charge in [-0.15, -0.1) is 0 Å². The zero-order chi connectivity index (χ0) is 25.2. The van der Waals surface area contributed by atoms with Crippen molar-refractivity contribution in [3.63, 3.8) is 0 Å². The van der Waals surface area contributed by atoms with Crippen LogP contribution in [0.3, 0.4) is 0 Å². The van der Waals surface area contributed by atoms with Crippen LogP contribution in [0.5, 0.6) is 5.75 Å². The minimum Gasteiger partial charge on any atom is -0.497 e. The predicted octanol–water partition coefficient (Wildman–Crippen LogP) is 4.75. The smallest absolute Gasteiger partial charge is 0.278 e. The maximum absolute atomic E-state index is 14.1. The van der Waals surface area contributed by atoms with Gasteiger partial charge in [0, 0.05) is 11.1 Å². The van der Waals surface area contributed by atoms with Gasteiger partial charge in [-0.05, 0) is 60.0 Å². The molecular formula is C28H25FN4O3. The van der Waals surface area contributed by atoms with Crippen LogP contribution in [0.25, 0.3) is 21.9 Å². The van der Waals surface area contributed by atoms with E-state index in [0.29, 0.717) is 22.1 Å². The van der Waals surface area contributed by atoms with Gasteiger partial charge >= 0.3 is 0 Å². The van der Waals surface area contributed by atoms with Crippen molar-refractivity contribution in [2.75, 3.05) is 12.4 Å². The largest absolute Gasteiger partial charge is 0.497 e. The number of halogens is 1. The van der Waals surface area contributed by atoms with E-state index in [0.717, 1.165) is 23.3 Å². The number of nitrogens with one attached hydrogen (secondary N) is 1. The quantitative estimate of drug-likeness (QED) is 0.362. The Morgan fingerprint density at radius 2 is 1.86 bits per heavy atom. The minimum atomic E-state index is -0.438. The Morgan fingerprint density at radius 1 is 1.06 bits per heavy atom. The molecule has 36 heavy (non-hydrogen) atoms. The lowest BCUT2D eigenvalue weighted by Gasteiger charge is -2.11. The molecule has 2 aromatic heterocycles. The number of rotatable bonds is 7. The standard InChI is InChI=1S/C28H25FN4O3/c1-3-18-5-4-6-21(13-18)31-25(34)16-33-24-12-9-20(29)14-23(24)26-27(33)28(35)32(17-30-26)15-19-7-10-22(36-2)11-8-19/h4-14,17H,3,15-16H2,1-2H3,(H,31,34). The first-order chi connectivity index (χ1) is 17.5. The molecule has 0 unspecified atom stereocenters.